The second kappa shape index (κ2) is 6.63. The molecule has 0 spiro atoms. The Morgan fingerprint density at radius 1 is 1.37 bits per heavy atom. The fourth-order valence-electron chi connectivity index (χ4n) is 2.18. The third kappa shape index (κ3) is 4.29. The van der Waals surface area contributed by atoms with Gasteiger partial charge in [0, 0.05) is 32.5 Å². The van der Waals surface area contributed by atoms with Gasteiger partial charge in [-0.05, 0) is 6.42 Å². The van der Waals surface area contributed by atoms with Gasteiger partial charge in [-0.3, -0.25) is 24.6 Å². The van der Waals surface area contributed by atoms with E-state index in [2.05, 4.69) is 15.5 Å². The van der Waals surface area contributed by atoms with E-state index >= 15 is 0 Å². The van der Waals surface area contributed by atoms with Crippen molar-refractivity contribution in [2.45, 2.75) is 25.3 Å². The summed E-state index contributed by atoms with van der Waals surface area (Å²) in [6.07, 6.45) is 1.02. The topological polar surface area (TPSA) is 87.7 Å². The van der Waals surface area contributed by atoms with E-state index < -0.39 is 11.9 Å². The fourth-order valence-corrected chi connectivity index (χ4v) is 2.18. The highest BCUT2D eigenvalue weighted by Crippen LogP contribution is 2.05. The number of rotatable bonds is 4. The Morgan fingerprint density at radius 3 is 2.79 bits per heavy atom. The average molecular weight is 269 g/mol. The van der Waals surface area contributed by atoms with E-state index in [1.54, 1.807) is 0 Å². The highest BCUT2D eigenvalue weighted by Gasteiger charge is 2.27. The van der Waals surface area contributed by atoms with Crippen LogP contribution < -0.4 is 10.6 Å². The quantitative estimate of drug-likeness (QED) is 0.615. The van der Waals surface area contributed by atoms with Gasteiger partial charge in [-0.2, -0.15) is 0 Å². The van der Waals surface area contributed by atoms with E-state index in [1.165, 1.54) is 0 Å². The van der Waals surface area contributed by atoms with Crippen LogP contribution in [0.1, 0.15) is 19.3 Å². The molecule has 2 heterocycles. The third-order valence-corrected chi connectivity index (χ3v) is 3.33. The Bertz CT molecular complexity index is 366. The van der Waals surface area contributed by atoms with Crippen LogP contribution >= 0.6 is 0 Å². The zero-order valence-electron chi connectivity index (χ0n) is 10.8. The normalized spacial score (nSPS) is 24.9. The zero-order valence-corrected chi connectivity index (χ0v) is 10.8. The van der Waals surface area contributed by atoms with Crippen molar-refractivity contribution in [3.05, 3.63) is 0 Å². The third-order valence-electron chi connectivity index (χ3n) is 3.33. The molecule has 2 saturated heterocycles. The van der Waals surface area contributed by atoms with Gasteiger partial charge in [-0.25, -0.2) is 0 Å². The molecule has 0 bridgehead atoms. The lowest BCUT2D eigenvalue weighted by Gasteiger charge is -2.27. The summed E-state index contributed by atoms with van der Waals surface area (Å²) in [5, 5.41) is 4.89. The summed E-state index contributed by atoms with van der Waals surface area (Å²) < 4.78 is 5.23. The first-order chi connectivity index (χ1) is 9.15. The number of hydrogen-bond acceptors (Lipinski definition) is 5. The molecule has 2 aliphatic rings. The zero-order chi connectivity index (χ0) is 13.7. The predicted molar refractivity (Wildman–Crippen MR) is 66.2 cm³/mol. The molecule has 1 atom stereocenters. The molecule has 3 amide bonds. The minimum Gasteiger partial charge on any atom is -0.379 e. The summed E-state index contributed by atoms with van der Waals surface area (Å²) >= 11 is 0. The minimum atomic E-state index is -0.574. The van der Waals surface area contributed by atoms with E-state index in [4.69, 9.17) is 4.74 Å². The molecular formula is C12H19N3O4. The van der Waals surface area contributed by atoms with Crippen LogP contribution in [0, 0.1) is 0 Å². The summed E-state index contributed by atoms with van der Waals surface area (Å²) in [5.74, 6) is -0.833. The fraction of sp³-hybridized carbons (Fsp3) is 0.750. The van der Waals surface area contributed by atoms with E-state index in [9.17, 15) is 14.4 Å². The molecule has 2 rings (SSSR count). The first kappa shape index (κ1) is 14.0. The first-order valence-electron chi connectivity index (χ1n) is 6.58. The Kier molecular flexibility index (Phi) is 4.86. The van der Waals surface area contributed by atoms with Gasteiger partial charge < -0.3 is 10.1 Å². The lowest BCUT2D eigenvalue weighted by molar-refractivity contribution is -0.137. The van der Waals surface area contributed by atoms with Gasteiger partial charge in [-0.15, -0.1) is 0 Å². The van der Waals surface area contributed by atoms with E-state index in [0.29, 0.717) is 32.6 Å². The van der Waals surface area contributed by atoms with Gasteiger partial charge in [0.25, 0.3) is 0 Å². The molecule has 0 saturated carbocycles. The molecule has 0 radical (unpaired) electrons. The number of amides is 3. The van der Waals surface area contributed by atoms with Crippen molar-refractivity contribution in [1.29, 1.82) is 0 Å². The predicted octanol–water partition coefficient (Wildman–Crippen LogP) is -1.37. The van der Waals surface area contributed by atoms with Gasteiger partial charge in [0.2, 0.25) is 17.7 Å². The average Bonchev–Trinajstić information content (AvgIpc) is 2.41. The van der Waals surface area contributed by atoms with Gasteiger partial charge in [0.15, 0.2) is 0 Å². The molecule has 7 nitrogen and oxygen atoms in total. The Hall–Kier alpha value is -1.47. The highest BCUT2D eigenvalue weighted by atomic mass is 16.5. The lowest BCUT2D eigenvalue weighted by atomic mass is 10.1. The SMILES string of the molecule is O=C1CCC(NC(=O)CCN2CCOCC2)C(=O)N1. The highest BCUT2D eigenvalue weighted by molar-refractivity contribution is 6.01. The second-order valence-electron chi connectivity index (χ2n) is 4.78. The monoisotopic (exact) mass is 269 g/mol. The Morgan fingerprint density at radius 2 is 2.11 bits per heavy atom. The maximum absolute atomic E-state index is 11.7. The summed E-state index contributed by atoms with van der Waals surface area (Å²) in [4.78, 5) is 36.4. The van der Waals surface area contributed by atoms with Crippen LogP contribution in [0.5, 0.6) is 0 Å². The molecule has 2 N–H and O–H groups in total. The number of nitrogens with one attached hydrogen (secondary N) is 2. The minimum absolute atomic E-state index is 0.152. The standard InChI is InChI=1S/C12H19N3O4/c16-10-2-1-9(12(18)14-10)13-11(17)3-4-15-5-7-19-8-6-15/h9H,1-8H2,(H,13,17)(H,14,16,18). The molecule has 0 aromatic heterocycles. The largest absolute Gasteiger partial charge is 0.379 e. The van der Waals surface area contributed by atoms with Gasteiger partial charge in [0.05, 0.1) is 13.2 Å². The summed E-state index contributed by atoms with van der Waals surface area (Å²) in [6.45, 7) is 3.75. The number of carbonyl (C=O) groups excluding carboxylic acids is 3. The van der Waals surface area contributed by atoms with E-state index in [1.807, 2.05) is 0 Å². The van der Waals surface area contributed by atoms with Crippen molar-refractivity contribution < 1.29 is 19.1 Å². The van der Waals surface area contributed by atoms with Crippen LogP contribution in [0.25, 0.3) is 0 Å². The van der Waals surface area contributed by atoms with Crippen molar-refractivity contribution >= 4 is 17.7 Å². The van der Waals surface area contributed by atoms with Crippen molar-refractivity contribution in [3.63, 3.8) is 0 Å². The summed E-state index contributed by atoms with van der Waals surface area (Å²) in [7, 11) is 0. The van der Waals surface area contributed by atoms with E-state index in [-0.39, 0.29) is 18.2 Å². The number of imide groups is 1. The van der Waals surface area contributed by atoms with Crippen LogP contribution in [0.3, 0.4) is 0 Å². The van der Waals surface area contributed by atoms with Crippen LogP contribution in [-0.2, 0) is 19.1 Å². The number of piperidine rings is 1. The molecule has 0 aromatic rings. The van der Waals surface area contributed by atoms with Crippen molar-refractivity contribution in [3.8, 4) is 0 Å². The second-order valence-corrected chi connectivity index (χ2v) is 4.78. The first-order valence-corrected chi connectivity index (χ1v) is 6.58. The Balaban J connectivity index is 1.68. The maximum atomic E-state index is 11.7. The van der Waals surface area contributed by atoms with Gasteiger partial charge >= 0.3 is 0 Å². The molecule has 1 unspecified atom stereocenters. The number of carbonyl (C=O) groups is 3. The van der Waals surface area contributed by atoms with Crippen LogP contribution in [-0.4, -0.2) is 61.5 Å². The Labute approximate surface area is 111 Å². The molecule has 2 aliphatic heterocycles. The number of nitrogens with zero attached hydrogens (tertiary/aromatic N) is 1. The molecule has 0 aromatic carbocycles. The van der Waals surface area contributed by atoms with Crippen molar-refractivity contribution in [2.24, 2.45) is 0 Å². The van der Waals surface area contributed by atoms with Gasteiger partial charge in [0.1, 0.15) is 6.04 Å². The molecule has 7 heteroatoms. The van der Waals surface area contributed by atoms with Crippen molar-refractivity contribution in [1.82, 2.24) is 15.5 Å². The summed E-state index contributed by atoms with van der Waals surface area (Å²) in [6, 6.07) is -0.574. The van der Waals surface area contributed by atoms with Gasteiger partial charge in [-0.1, -0.05) is 0 Å². The summed E-state index contributed by atoms with van der Waals surface area (Å²) in [5.41, 5.74) is 0. The molecule has 106 valence electrons. The number of morpholine rings is 1. The molecule has 0 aliphatic carbocycles. The molecule has 2 fully saturated rings. The van der Waals surface area contributed by atoms with Crippen molar-refractivity contribution in [2.75, 3.05) is 32.8 Å². The lowest BCUT2D eigenvalue weighted by Crippen LogP contribution is -2.52. The molecule has 19 heavy (non-hydrogen) atoms. The maximum Gasteiger partial charge on any atom is 0.249 e. The van der Waals surface area contributed by atoms with Crippen LogP contribution in [0.2, 0.25) is 0 Å². The molecular weight excluding hydrogens is 250 g/mol. The van der Waals surface area contributed by atoms with Crippen LogP contribution in [0.4, 0.5) is 0 Å². The van der Waals surface area contributed by atoms with E-state index in [0.717, 1.165) is 13.1 Å². The number of ether oxygens (including phenoxy) is 1. The number of hydrogen-bond donors (Lipinski definition) is 2. The van der Waals surface area contributed by atoms with Crippen LogP contribution in [0.15, 0.2) is 0 Å². The smallest absolute Gasteiger partial charge is 0.249 e.